The van der Waals surface area contributed by atoms with Gasteiger partial charge >= 0.3 is 12.1 Å². The first-order valence-corrected chi connectivity index (χ1v) is 7.18. The molecule has 0 saturated heterocycles. The highest BCUT2D eigenvalue weighted by molar-refractivity contribution is 5.93. The number of amides is 1. The fourth-order valence-electron chi connectivity index (χ4n) is 1.73. The van der Waals surface area contributed by atoms with Crippen molar-refractivity contribution in [2.24, 2.45) is 0 Å². The largest absolute Gasteiger partial charge is 0.497 e. The van der Waals surface area contributed by atoms with Gasteiger partial charge < -0.3 is 14.2 Å². The lowest BCUT2D eigenvalue weighted by Crippen LogP contribution is -2.39. The number of rotatable bonds is 6. The van der Waals surface area contributed by atoms with Crippen LogP contribution in [0.25, 0.3) is 0 Å². The second-order valence-corrected chi connectivity index (χ2v) is 5.74. The van der Waals surface area contributed by atoms with E-state index in [9.17, 15) is 9.59 Å². The Bertz CT molecular complexity index is 545. The van der Waals surface area contributed by atoms with Crippen molar-refractivity contribution < 1.29 is 23.8 Å². The summed E-state index contributed by atoms with van der Waals surface area (Å²) in [5.74, 6) is 0.120. The highest BCUT2D eigenvalue weighted by Crippen LogP contribution is 2.20. The zero-order valence-electron chi connectivity index (χ0n) is 14.0. The Balaban J connectivity index is 2.93. The molecular weight excluding hydrogens is 298 g/mol. The van der Waals surface area contributed by atoms with Crippen LogP contribution in [0.3, 0.4) is 0 Å². The second kappa shape index (κ2) is 8.22. The van der Waals surface area contributed by atoms with Gasteiger partial charge in [0.25, 0.3) is 0 Å². The van der Waals surface area contributed by atoms with Crippen molar-refractivity contribution in [1.29, 1.82) is 0 Å². The van der Waals surface area contributed by atoms with Crippen molar-refractivity contribution in [1.82, 2.24) is 0 Å². The molecule has 0 bridgehead atoms. The molecule has 0 N–H and O–H groups in total. The fourth-order valence-corrected chi connectivity index (χ4v) is 1.73. The molecule has 6 heteroatoms. The molecule has 0 aliphatic carbocycles. The number of esters is 1. The maximum absolute atomic E-state index is 12.2. The first-order valence-electron chi connectivity index (χ1n) is 7.18. The smallest absolute Gasteiger partial charge is 0.415 e. The molecule has 0 spiro atoms. The van der Waals surface area contributed by atoms with E-state index < -0.39 is 17.7 Å². The molecule has 1 rings (SSSR count). The van der Waals surface area contributed by atoms with Crippen LogP contribution < -0.4 is 9.64 Å². The molecule has 0 radical (unpaired) electrons. The van der Waals surface area contributed by atoms with Crippen LogP contribution in [0.4, 0.5) is 10.5 Å². The van der Waals surface area contributed by atoms with Gasteiger partial charge in [0, 0.05) is 5.69 Å². The van der Waals surface area contributed by atoms with Gasteiger partial charge in [-0.2, -0.15) is 0 Å². The van der Waals surface area contributed by atoms with Crippen LogP contribution >= 0.6 is 0 Å². The maximum Gasteiger partial charge on any atom is 0.415 e. The van der Waals surface area contributed by atoms with Crippen LogP contribution in [0.5, 0.6) is 5.75 Å². The summed E-state index contributed by atoms with van der Waals surface area (Å²) in [6.45, 7) is 8.59. The lowest BCUT2D eigenvalue weighted by atomic mass is 10.2. The average Bonchev–Trinajstić information content (AvgIpc) is 2.48. The standard InChI is InChI=1S/C17H23NO5/c1-6-11-22-16(20)18(12-15(19)23-17(2,3)4)13-7-9-14(21-5)10-8-13/h6-10H,1,11-12H2,2-5H3. The zero-order valence-corrected chi connectivity index (χ0v) is 14.0. The molecule has 0 aliphatic heterocycles. The minimum atomic E-state index is -0.652. The van der Waals surface area contributed by atoms with Crippen molar-refractivity contribution in [3.8, 4) is 5.75 Å². The van der Waals surface area contributed by atoms with Crippen LogP contribution in [0.15, 0.2) is 36.9 Å². The maximum atomic E-state index is 12.2. The summed E-state index contributed by atoms with van der Waals surface area (Å²) in [5.41, 5.74) is -0.126. The number of ether oxygens (including phenoxy) is 3. The van der Waals surface area contributed by atoms with E-state index in [4.69, 9.17) is 14.2 Å². The molecule has 1 aromatic carbocycles. The van der Waals surface area contributed by atoms with Crippen molar-refractivity contribution in [3.05, 3.63) is 36.9 Å². The van der Waals surface area contributed by atoms with E-state index in [1.807, 2.05) is 0 Å². The van der Waals surface area contributed by atoms with Crippen LogP contribution in [0.1, 0.15) is 20.8 Å². The monoisotopic (exact) mass is 321 g/mol. The number of nitrogens with zero attached hydrogens (tertiary/aromatic N) is 1. The van der Waals surface area contributed by atoms with Crippen LogP contribution in [0.2, 0.25) is 0 Å². The summed E-state index contributed by atoms with van der Waals surface area (Å²) in [4.78, 5) is 25.4. The van der Waals surface area contributed by atoms with E-state index >= 15 is 0 Å². The van der Waals surface area contributed by atoms with Gasteiger partial charge in [-0.15, -0.1) is 0 Å². The van der Waals surface area contributed by atoms with E-state index in [2.05, 4.69) is 6.58 Å². The highest BCUT2D eigenvalue weighted by atomic mass is 16.6. The van der Waals surface area contributed by atoms with Crippen molar-refractivity contribution in [2.75, 3.05) is 25.2 Å². The topological polar surface area (TPSA) is 65.1 Å². The van der Waals surface area contributed by atoms with Crippen LogP contribution in [-0.2, 0) is 14.3 Å². The molecule has 0 heterocycles. The molecule has 0 aromatic heterocycles. The van der Waals surface area contributed by atoms with E-state index in [1.54, 1.807) is 52.1 Å². The predicted octanol–water partition coefficient (Wildman–Crippen LogP) is 3.17. The molecule has 1 aromatic rings. The molecule has 126 valence electrons. The van der Waals surface area contributed by atoms with E-state index in [1.165, 1.54) is 11.0 Å². The SMILES string of the molecule is C=CCOC(=O)N(CC(=O)OC(C)(C)C)c1ccc(OC)cc1. The molecule has 1 amide bonds. The first-order chi connectivity index (χ1) is 10.8. The molecule has 0 aliphatic rings. The Labute approximate surface area is 136 Å². The Morgan fingerprint density at radius 1 is 1.22 bits per heavy atom. The lowest BCUT2D eigenvalue weighted by molar-refractivity contribution is -0.152. The normalized spacial score (nSPS) is 10.6. The van der Waals surface area contributed by atoms with Gasteiger partial charge in [0.1, 0.15) is 24.5 Å². The number of benzene rings is 1. The van der Waals surface area contributed by atoms with E-state index in [0.29, 0.717) is 11.4 Å². The summed E-state index contributed by atoms with van der Waals surface area (Å²) >= 11 is 0. The Morgan fingerprint density at radius 3 is 2.30 bits per heavy atom. The summed E-state index contributed by atoms with van der Waals surface area (Å²) in [7, 11) is 1.55. The molecule has 0 saturated carbocycles. The average molecular weight is 321 g/mol. The third-order valence-electron chi connectivity index (χ3n) is 2.64. The number of methoxy groups -OCH3 is 1. The number of hydrogen-bond donors (Lipinski definition) is 0. The molecule has 0 atom stereocenters. The third-order valence-corrected chi connectivity index (χ3v) is 2.64. The summed E-state index contributed by atoms with van der Waals surface area (Å²) in [6, 6.07) is 6.72. The summed E-state index contributed by atoms with van der Waals surface area (Å²) in [6.07, 6.45) is 0.804. The number of anilines is 1. The zero-order chi connectivity index (χ0) is 17.5. The minimum absolute atomic E-state index is 0.0554. The van der Waals surface area contributed by atoms with E-state index in [0.717, 1.165) is 0 Å². The number of carbonyl (C=O) groups excluding carboxylic acids is 2. The Kier molecular flexibility index (Phi) is 6.63. The molecule has 0 fully saturated rings. The molecule has 23 heavy (non-hydrogen) atoms. The molecule has 0 unspecified atom stereocenters. The van der Waals surface area contributed by atoms with Crippen molar-refractivity contribution in [3.63, 3.8) is 0 Å². The van der Waals surface area contributed by atoms with Crippen LogP contribution in [0, 0.1) is 0 Å². The first kappa shape index (κ1) is 18.5. The quantitative estimate of drug-likeness (QED) is 0.595. The summed E-state index contributed by atoms with van der Waals surface area (Å²) < 4.78 is 15.4. The summed E-state index contributed by atoms with van der Waals surface area (Å²) in [5, 5.41) is 0. The number of carbonyl (C=O) groups is 2. The van der Waals surface area contributed by atoms with Gasteiger partial charge in [-0.3, -0.25) is 9.69 Å². The van der Waals surface area contributed by atoms with Crippen molar-refractivity contribution in [2.45, 2.75) is 26.4 Å². The van der Waals surface area contributed by atoms with Crippen molar-refractivity contribution >= 4 is 17.7 Å². The highest BCUT2D eigenvalue weighted by Gasteiger charge is 2.24. The predicted molar refractivity (Wildman–Crippen MR) is 87.7 cm³/mol. The lowest BCUT2D eigenvalue weighted by Gasteiger charge is -2.24. The Hall–Kier alpha value is -2.50. The van der Waals surface area contributed by atoms with Gasteiger partial charge in [-0.1, -0.05) is 12.7 Å². The Morgan fingerprint density at radius 2 is 1.83 bits per heavy atom. The minimum Gasteiger partial charge on any atom is -0.497 e. The molecule has 6 nitrogen and oxygen atoms in total. The van der Waals surface area contributed by atoms with Gasteiger partial charge in [-0.25, -0.2) is 4.79 Å². The van der Waals surface area contributed by atoms with Gasteiger partial charge in [-0.05, 0) is 45.0 Å². The van der Waals surface area contributed by atoms with E-state index in [-0.39, 0.29) is 13.2 Å². The third kappa shape index (κ3) is 6.42. The van der Waals surface area contributed by atoms with Crippen LogP contribution in [-0.4, -0.2) is 37.9 Å². The van der Waals surface area contributed by atoms with Gasteiger partial charge in [0.2, 0.25) is 0 Å². The van der Waals surface area contributed by atoms with Gasteiger partial charge in [0.05, 0.1) is 7.11 Å². The molecular formula is C17H23NO5. The second-order valence-electron chi connectivity index (χ2n) is 5.74. The fraction of sp³-hybridized carbons (Fsp3) is 0.412. The van der Waals surface area contributed by atoms with Gasteiger partial charge in [0.15, 0.2) is 0 Å². The number of hydrogen-bond acceptors (Lipinski definition) is 5.